The van der Waals surface area contributed by atoms with Gasteiger partial charge in [0.2, 0.25) is 0 Å². The fourth-order valence-corrected chi connectivity index (χ4v) is 2.65. The van der Waals surface area contributed by atoms with E-state index >= 15 is 0 Å². The summed E-state index contributed by atoms with van der Waals surface area (Å²) in [7, 11) is 3.43. The minimum absolute atomic E-state index is 0.0418. The van der Waals surface area contributed by atoms with Crippen LogP contribution in [0.4, 0.5) is 0 Å². The molecule has 1 aromatic rings. The van der Waals surface area contributed by atoms with Crippen LogP contribution in [0.2, 0.25) is 10.0 Å². The zero-order valence-corrected chi connectivity index (χ0v) is 12.3. The molecule has 0 atom stereocenters. The summed E-state index contributed by atoms with van der Waals surface area (Å²) in [6.45, 7) is 0. The van der Waals surface area contributed by atoms with Crippen LogP contribution in [0.15, 0.2) is 12.1 Å². The third-order valence-electron chi connectivity index (χ3n) is 1.39. The number of carboxylic acids is 1. The van der Waals surface area contributed by atoms with Crippen molar-refractivity contribution in [2.24, 2.45) is 0 Å². The quantitative estimate of drug-likeness (QED) is 0.462. The molecule has 0 aromatic heterocycles. The van der Waals surface area contributed by atoms with Crippen molar-refractivity contribution in [1.82, 2.24) is 0 Å². The third kappa shape index (κ3) is 3.82. The molecule has 0 bridgehead atoms. The first kappa shape index (κ1) is 13.6. The number of hydrogen-bond acceptors (Lipinski definition) is 3. The molecule has 0 amide bonds. The molecule has 0 saturated heterocycles. The summed E-state index contributed by atoms with van der Waals surface area (Å²) in [5.74, 6) is -0.779. The van der Waals surface area contributed by atoms with Gasteiger partial charge < -0.3 is 0 Å². The first-order valence-electron chi connectivity index (χ1n) is 3.42. The third-order valence-corrected chi connectivity index (χ3v) is 3.08. The molecule has 0 heterocycles. The van der Waals surface area contributed by atoms with Gasteiger partial charge in [0.25, 0.3) is 0 Å². The summed E-state index contributed by atoms with van der Waals surface area (Å²) >= 11 is 13.4. The number of carboxylic acid groups (broad SMARTS) is 1. The Kier molecular flexibility index (Phi) is 5.25. The first-order chi connectivity index (χ1) is 6.91. The molecule has 8 heteroatoms. The van der Waals surface area contributed by atoms with Crippen LogP contribution < -0.4 is 4.18 Å². The van der Waals surface area contributed by atoms with Crippen LogP contribution in [-0.2, 0) is 7.32 Å². The Morgan fingerprint density at radius 2 is 1.93 bits per heavy atom. The SMILES string of the molecule is O=C(O)c1c(Cl)cc(O[S-](#P)I)cc1Cl. The second-order valence-corrected chi connectivity index (χ2v) is 9.24. The molecule has 1 N–H and O–H groups in total. The van der Waals surface area contributed by atoms with E-state index in [2.05, 4.69) is 7.81 Å². The maximum atomic E-state index is 10.8. The van der Waals surface area contributed by atoms with Crippen LogP contribution >= 0.6 is 52.2 Å². The van der Waals surface area contributed by atoms with Crippen molar-refractivity contribution in [1.29, 1.82) is 0 Å². The summed E-state index contributed by atoms with van der Waals surface area (Å²) in [6, 6.07) is 2.79. The second-order valence-electron chi connectivity index (χ2n) is 2.36. The Balaban J connectivity index is 3.21. The van der Waals surface area contributed by atoms with Crippen molar-refractivity contribution < 1.29 is 14.1 Å². The first-order valence-corrected chi connectivity index (χ1v) is 8.92. The average molecular weight is 396 g/mol. The number of aromatic carboxylic acids is 1. The van der Waals surface area contributed by atoms with Gasteiger partial charge in [-0.2, -0.15) is 0 Å². The Labute approximate surface area is 112 Å². The topological polar surface area (TPSA) is 46.5 Å². The molecular weight excluding hydrogens is 393 g/mol. The van der Waals surface area contributed by atoms with Crippen molar-refractivity contribution in [3.63, 3.8) is 0 Å². The van der Waals surface area contributed by atoms with Gasteiger partial charge in [0.1, 0.15) is 0 Å². The molecular formula is C7H3Cl2IO3PS-. The molecule has 3 nitrogen and oxygen atoms in total. The summed E-state index contributed by atoms with van der Waals surface area (Å²) < 4.78 is 5.23. The molecule has 15 heavy (non-hydrogen) atoms. The van der Waals surface area contributed by atoms with Gasteiger partial charge in [-0.25, -0.2) is 0 Å². The molecule has 0 aliphatic heterocycles. The predicted octanol–water partition coefficient (Wildman–Crippen LogP) is 4.28. The van der Waals surface area contributed by atoms with Crippen LogP contribution in [0, 0.1) is 0 Å². The molecule has 0 spiro atoms. The summed E-state index contributed by atoms with van der Waals surface area (Å²) in [5.41, 5.74) is -0.127. The standard InChI is InChI=1S/C7H3Cl2IO3PS/c8-4-1-3(13-15(10)14)2-5(9)6(4)7(11)12/h1-2H,(H,11,12)/q-1. The van der Waals surface area contributed by atoms with Crippen molar-refractivity contribution in [3.05, 3.63) is 27.7 Å². The maximum absolute atomic E-state index is 10.8. The van der Waals surface area contributed by atoms with Crippen LogP contribution in [-0.4, -0.2) is 11.1 Å². The molecule has 0 saturated carbocycles. The van der Waals surface area contributed by atoms with E-state index in [0.29, 0.717) is 5.75 Å². The Morgan fingerprint density at radius 1 is 1.47 bits per heavy atom. The van der Waals surface area contributed by atoms with Gasteiger partial charge >= 0.3 is 113 Å². The van der Waals surface area contributed by atoms with Crippen molar-refractivity contribution in [2.75, 3.05) is 0 Å². The molecule has 0 aliphatic rings. The average Bonchev–Trinajstić information content (AvgIpc) is 1.99. The number of carbonyl (C=O) groups is 1. The van der Waals surface area contributed by atoms with Gasteiger partial charge in [0.15, 0.2) is 0 Å². The Morgan fingerprint density at radius 3 is 2.27 bits per heavy atom. The van der Waals surface area contributed by atoms with Gasteiger partial charge in [0.05, 0.1) is 0 Å². The van der Waals surface area contributed by atoms with Crippen molar-refractivity contribution in [3.8, 4) is 5.75 Å². The number of halogens is 3. The van der Waals surface area contributed by atoms with Crippen molar-refractivity contribution >= 4 is 65.5 Å². The van der Waals surface area contributed by atoms with Gasteiger partial charge in [-0.15, -0.1) is 0 Å². The molecule has 82 valence electrons. The van der Waals surface area contributed by atoms with Gasteiger partial charge in [-0.3, -0.25) is 0 Å². The fourth-order valence-electron chi connectivity index (χ4n) is 0.882. The number of benzene rings is 1. The summed E-state index contributed by atoms with van der Waals surface area (Å²) in [5, 5.41) is 8.88. The minimum atomic E-state index is -1.17. The van der Waals surface area contributed by atoms with Crippen LogP contribution in [0.25, 0.3) is 0 Å². The van der Waals surface area contributed by atoms with Crippen LogP contribution in [0.3, 0.4) is 0 Å². The number of hydrogen-bond donors (Lipinski definition) is 1. The predicted molar refractivity (Wildman–Crippen MR) is 72.4 cm³/mol. The van der Waals surface area contributed by atoms with Crippen LogP contribution in [0.5, 0.6) is 5.75 Å². The zero-order chi connectivity index (χ0) is 11.6. The van der Waals surface area contributed by atoms with Crippen molar-refractivity contribution in [2.45, 2.75) is 0 Å². The Bertz CT molecular complexity index is 462. The van der Waals surface area contributed by atoms with E-state index in [9.17, 15) is 4.79 Å². The number of rotatable bonds is 2. The van der Waals surface area contributed by atoms with Gasteiger partial charge in [0, 0.05) is 0 Å². The van der Waals surface area contributed by atoms with Gasteiger partial charge in [-0.1, -0.05) is 0 Å². The molecule has 0 radical (unpaired) electrons. The fraction of sp³-hybridized carbons (Fsp3) is 0. The molecule has 1 aromatic carbocycles. The molecule has 0 fully saturated rings. The van der Waals surface area contributed by atoms with E-state index in [1.165, 1.54) is 12.1 Å². The zero-order valence-electron chi connectivity index (χ0n) is 6.91. The van der Waals surface area contributed by atoms with E-state index in [4.69, 9.17) is 32.5 Å². The molecule has 1 rings (SSSR count). The monoisotopic (exact) mass is 395 g/mol. The molecule has 0 aliphatic carbocycles. The summed E-state index contributed by atoms with van der Waals surface area (Å²) in [6.07, 6.45) is 0. The summed E-state index contributed by atoms with van der Waals surface area (Å²) in [4.78, 5) is 10.8. The van der Waals surface area contributed by atoms with Gasteiger partial charge in [-0.05, 0) is 0 Å². The van der Waals surface area contributed by atoms with E-state index in [-0.39, 0.29) is 15.6 Å². The normalized spacial score (nSPS) is 10.3. The van der Waals surface area contributed by atoms with E-state index < -0.39 is 13.3 Å². The second kappa shape index (κ2) is 5.77. The van der Waals surface area contributed by atoms with E-state index in [1.807, 2.05) is 21.2 Å². The Hall–Kier alpha value is 0.580. The molecule has 0 unspecified atom stereocenters. The van der Waals surface area contributed by atoms with E-state index in [1.54, 1.807) is 0 Å². The van der Waals surface area contributed by atoms with Crippen LogP contribution in [0.1, 0.15) is 10.4 Å². The van der Waals surface area contributed by atoms with E-state index in [0.717, 1.165) is 0 Å².